The molecule has 21 nitrogen and oxygen atoms in total. The number of phenolic OH excluding ortho intramolecular Hbond substituents is 1. The SMILES string of the molecule is CC(C)C[C@H](NC(=O)[C@H](CCCNC(N)=O)NC(=O)[C@H](Cc1ccc(O)cc1)NC(=O)[C@H](CO)NC(=O)[C@H](C)N)C(=O)N(c1ccccn1)[C@H](C=O)CCCN=C(N)N. The van der Waals surface area contributed by atoms with Crippen LogP contribution in [0, 0.1) is 5.92 Å². The maximum Gasteiger partial charge on any atom is 0.312 e. The summed E-state index contributed by atoms with van der Waals surface area (Å²) in [6.45, 7) is 4.39. The van der Waals surface area contributed by atoms with Gasteiger partial charge in [0.05, 0.1) is 18.7 Å². The number of aldehydes is 1. The summed E-state index contributed by atoms with van der Waals surface area (Å²) in [7, 11) is 0. The third kappa shape index (κ3) is 17.4. The number of nitrogens with zero attached hydrogens (tertiary/aromatic N) is 3. The molecule has 0 aliphatic heterocycles. The molecule has 1 aromatic heterocycles. The first kappa shape index (κ1) is 48.8. The van der Waals surface area contributed by atoms with Gasteiger partial charge in [-0.2, -0.15) is 0 Å². The predicted octanol–water partition coefficient (Wildman–Crippen LogP) is -2.24. The number of benzene rings is 1. The van der Waals surface area contributed by atoms with Crippen LogP contribution >= 0.6 is 0 Å². The summed E-state index contributed by atoms with van der Waals surface area (Å²) in [5, 5.41) is 32.3. The minimum absolute atomic E-state index is 0.0166. The Kier molecular flexibility index (Phi) is 20.8. The number of carbonyl (C=O) groups is 7. The third-order valence-electron chi connectivity index (χ3n) is 8.74. The smallest absolute Gasteiger partial charge is 0.312 e. The van der Waals surface area contributed by atoms with Crippen LogP contribution in [0.5, 0.6) is 5.75 Å². The molecule has 0 spiro atoms. The Morgan fingerprint density at radius 2 is 1.42 bits per heavy atom. The van der Waals surface area contributed by atoms with E-state index in [1.807, 2.05) is 13.8 Å². The summed E-state index contributed by atoms with van der Waals surface area (Å²) < 4.78 is 0. The molecule has 324 valence electrons. The molecule has 0 aliphatic rings. The molecule has 6 atom stereocenters. The topological polar surface area (TPSA) is 353 Å². The fraction of sp³-hybridized carbons (Fsp3) is 0.500. The standard InChI is InChI=1S/C38H58N12O9/c1-22(2)18-29(36(58)50(31-10-4-5-15-43-31)25(20-51)8-6-16-44-37(40)41)48-33(55)27(9-7-17-45-38(42)59)46-34(56)28(19-24-11-13-26(53)14-12-24)47-35(57)30(21-52)49-32(54)23(3)39/h4-5,10-15,20,22-23,25,27-30,52-53H,6-9,16-19,21,39H2,1-3H3,(H,46,56)(H,47,57)(H,48,55)(H,49,54)(H4,40,41,44)(H3,42,45,59)/t23-,25-,27-,28-,29-,30-/m0/s1. The molecule has 1 aromatic carbocycles. The lowest BCUT2D eigenvalue weighted by atomic mass is 9.99. The number of guanidine groups is 1. The zero-order valence-corrected chi connectivity index (χ0v) is 33.5. The number of nitrogens with one attached hydrogen (secondary N) is 5. The summed E-state index contributed by atoms with van der Waals surface area (Å²) >= 11 is 0. The fourth-order valence-corrected chi connectivity index (χ4v) is 5.75. The Morgan fingerprint density at radius 3 is 1.98 bits per heavy atom. The highest BCUT2D eigenvalue weighted by molar-refractivity contribution is 6.02. The molecule has 59 heavy (non-hydrogen) atoms. The van der Waals surface area contributed by atoms with Crippen LogP contribution < -0.4 is 54.4 Å². The number of aromatic hydroxyl groups is 1. The molecule has 2 aromatic rings. The van der Waals surface area contributed by atoms with Crippen molar-refractivity contribution in [2.24, 2.45) is 33.8 Å². The number of hydrogen-bond acceptors (Lipinski definition) is 12. The molecule has 7 amide bonds. The van der Waals surface area contributed by atoms with Crippen LogP contribution in [0.25, 0.3) is 0 Å². The van der Waals surface area contributed by atoms with Crippen molar-refractivity contribution in [3.05, 3.63) is 54.2 Å². The predicted molar refractivity (Wildman–Crippen MR) is 218 cm³/mol. The third-order valence-corrected chi connectivity index (χ3v) is 8.74. The van der Waals surface area contributed by atoms with Crippen LogP contribution in [0.2, 0.25) is 0 Å². The van der Waals surface area contributed by atoms with Gasteiger partial charge in [0.1, 0.15) is 42.0 Å². The lowest BCUT2D eigenvalue weighted by Gasteiger charge is -2.32. The van der Waals surface area contributed by atoms with Gasteiger partial charge in [0, 0.05) is 25.7 Å². The maximum absolute atomic E-state index is 14.5. The number of rotatable bonds is 25. The summed E-state index contributed by atoms with van der Waals surface area (Å²) in [5.41, 5.74) is 22.2. The van der Waals surface area contributed by atoms with E-state index in [-0.39, 0.29) is 68.6 Å². The van der Waals surface area contributed by atoms with E-state index in [0.717, 1.165) is 0 Å². The van der Waals surface area contributed by atoms with Crippen molar-refractivity contribution >= 4 is 53.6 Å². The first-order valence-corrected chi connectivity index (χ1v) is 19.1. The monoisotopic (exact) mass is 826 g/mol. The van der Waals surface area contributed by atoms with Crippen molar-refractivity contribution in [3.8, 4) is 5.75 Å². The number of nitrogens with two attached hydrogens (primary N) is 4. The quantitative estimate of drug-likeness (QED) is 0.0219. The number of urea groups is 1. The molecular weight excluding hydrogens is 768 g/mol. The van der Waals surface area contributed by atoms with E-state index in [1.54, 1.807) is 18.2 Å². The number of hydrogen-bond donors (Lipinski definition) is 11. The second kappa shape index (κ2) is 25.1. The number of aliphatic imine (C=N–C) groups is 1. The van der Waals surface area contributed by atoms with Gasteiger partial charge in [0.2, 0.25) is 23.6 Å². The van der Waals surface area contributed by atoms with Crippen LogP contribution in [0.3, 0.4) is 0 Å². The van der Waals surface area contributed by atoms with E-state index >= 15 is 0 Å². The number of aromatic nitrogens is 1. The van der Waals surface area contributed by atoms with Gasteiger partial charge >= 0.3 is 6.03 Å². The number of primary amides is 1. The molecule has 0 unspecified atom stereocenters. The fourth-order valence-electron chi connectivity index (χ4n) is 5.75. The number of amides is 7. The van der Waals surface area contributed by atoms with E-state index in [0.29, 0.717) is 18.3 Å². The van der Waals surface area contributed by atoms with Gasteiger partial charge in [-0.3, -0.25) is 33.9 Å². The van der Waals surface area contributed by atoms with Gasteiger partial charge in [0.25, 0.3) is 5.91 Å². The van der Waals surface area contributed by atoms with Crippen LogP contribution in [0.1, 0.15) is 58.4 Å². The van der Waals surface area contributed by atoms with Gasteiger partial charge in [0.15, 0.2) is 5.96 Å². The van der Waals surface area contributed by atoms with Crippen molar-refractivity contribution in [3.63, 3.8) is 0 Å². The van der Waals surface area contributed by atoms with Gasteiger partial charge in [-0.1, -0.05) is 32.0 Å². The van der Waals surface area contributed by atoms with E-state index in [1.165, 1.54) is 42.3 Å². The Hall–Kier alpha value is -6.35. The number of aliphatic hydroxyl groups is 1. The molecule has 0 bridgehead atoms. The van der Waals surface area contributed by atoms with Crippen LogP contribution in [0.15, 0.2) is 53.7 Å². The van der Waals surface area contributed by atoms with E-state index < -0.39 is 78.4 Å². The largest absolute Gasteiger partial charge is 0.508 e. The Balaban J connectivity index is 2.51. The molecule has 0 saturated heterocycles. The lowest BCUT2D eigenvalue weighted by Crippen LogP contribution is -2.60. The summed E-state index contributed by atoms with van der Waals surface area (Å²) in [6, 6.07) is 2.19. The van der Waals surface area contributed by atoms with E-state index in [4.69, 9.17) is 22.9 Å². The molecular formula is C38H58N12O9. The molecule has 2 rings (SSSR count). The Morgan fingerprint density at radius 1 is 0.814 bits per heavy atom. The van der Waals surface area contributed by atoms with Gasteiger partial charge in [-0.05, 0) is 74.8 Å². The molecule has 1 heterocycles. The average molecular weight is 827 g/mol. The average Bonchev–Trinajstić information content (AvgIpc) is 3.18. The zero-order chi connectivity index (χ0) is 44.1. The number of pyridine rings is 1. The molecule has 15 N–H and O–H groups in total. The second-order valence-corrected chi connectivity index (χ2v) is 14.2. The summed E-state index contributed by atoms with van der Waals surface area (Å²) in [4.78, 5) is 102. The lowest BCUT2D eigenvalue weighted by molar-refractivity contribution is -0.135. The number of phenols is 1. The second-order valence-electron chi connectivity index (χ2n) is 14.2. The maximum atomic E-state index is 14.5. The zero-order valence-electron chi connectivity index (χ0n) is 33.5. The Bertz CT molecular complexity index is 1720. The van der Waals surface area contributed by atoms with E-state index in [2.05, 4.69) is 36.6 Å². The van der Waals surface area contributed by atoms with Crippen LogP contribution in [0.4, 0.5) is 10.6 Å². The highest BCUT2D eigenvalue weighted by Gasteiger charge is 2.36. The van der Waals surface area contributed by atoms with Crippen molar-refractivity contribution in [2.45, 2.75) is 95.5 Å². The Labute approximate surface area is 342 Å². The van der Waals surface area contributed by atoms with Gasteiger partial charge < -0.3 is 64.5 Å². The summed E-state index contributed by atoms with van der Waals surface area (Å²) in [6.07, 6.45) is 2.49. The molecule has 0 aliphatic carbocycles. The van der Waals surface area contributed by atoms with Crippen LogP contribution in [-0.2, 0) is 35.2 Å². The van der Waals surface area contributed by atoms with E-state index in [9.17, 15) is 43.8 Å². The van der Waals surface area contributed by atoms with Crippen LogP contribution in [-0.4, -0.2) is 119 Å². The number of aliphatic hydroxyl groups excluding tert-OH is 1. The minimum atomic E-state index is -1.49. The highest BCUT2D eigenvalue weighted by atomic mass is 16.3. The molecule has 0 fully saturated rings. The number of anilines is 1. The van der Waals surface area contributed by atoms with Crippen molar-refractivity contribution < 1.29 is 43.8 Å². The van der Waals surface area contributed by atoms with Crippen molar-refractivity contribution in [1.82, 2.24) is 31.6 Å². The van der Waals surface area contributed by atoms with Gasteiger partial charge in [-0.15, -0.1) is 0 Å². The molecule has 0 radical (unpaired) electrons. The first-order chi connectivity index (χ1) is 28.0. The highest BCUT2D eigenvalue weighted by Crippen LogP contribution is 2.20. The minimum Gasteiger partial charge on any atom is -0.508 e. The molecule has 0 saturated carbocycles. The normalized spacial score (nSPS) is 13.9. The molecule has 21 heteroatoms. The van der Waals surface area contributed by atoms with Crippen molar-refractivity contribution in [2.75, 3.05) is 24.6 Å². The first-order valence-electron chi connectivity index (χ1n) is 19.1. The van der Waals surface area contributed by atoms with Crippen molar-refractivity contribution in [1.29, 1.82) is 0 Å². The summed E-state index contributed by atoms with van der Waals surface area (Å²) in [5.74, 6) is -4.22. The number of carbonyl (C=O) groups excluding carboxylic acids is 7. The van der Waals surface area contributed by atoms with Gasteiger partial charge in [-0.25, -0.2) is 9.78 Å².